The third-order valence-electron chi connectivity index (χ3n) is 4.27. The third kappa shape index (κ3) is 3.97. The Morgan fingerprint density at radius 1 is 1.04 bits per heavy atom. The normalized spacial score (nSPS) is 11.0. The number of Topliss-reactive ketones (excluding diaryl/α,β-unsaturated/α-hetero) is 1. The number of carbonyl (C=O) groups excluding carboxylic acids is 2. The summed E-state index contributed by atoms with van der Waals surface area (Å²) in [5.74, 6) is -0.183. The Bertz CT molecular complexity index is 891. The molecule has 1 aromatic heterocycles. The number of ketones is 1. The van der Waals surface area contributed by atoms with Gasteiger partial charge in [-0.15, -0.1) is 0 Å². The van der Waals surface area contributed by atoms with Gasteiger partial charge in [-0.2, -0.15) is 0 Å². The lowest BCUT2D eigenvalue weighted by Crippen LogP contribution is -2.15. The van der Waals surface area contributed by atoms with Crippen LogP contribution >= 0.6 is 0 Å². The number of carbonyl (C=O) groups is 2. The first-order chi connectivity index (χ1) is 12.0. The second-order valence-electron chi connectivity index (χ2n) is 6.40. The molecule has 0 aliphatic heterocycles. The Morgan fingerprint density at radius 3 is 2.48 bits per heavy atom. The standard InChI is InChI=1S/C21H21NO3/c1-14(2)15-7-9-16(10-8-15)20(23)13-25-21(24)11-17-12-22-19-6-4-3-5-18(17)19/h3-10,12,14,22H,11,13H2,1-2H3. The minimum atomic E-state index is -0.406. The van der Waals surface area contributed by atoms with Crippen LogP contribution in [0.5, 0.6) is 0 Å². The van der Waals surface area contributed by atoms with Crippen molar-refractivity contribution in [2.45, 2.75) is 26.2 Å². The molecule has 0 radical (unpaired) electrons. The fourth-order valence-corrected chi connectivity index (χ4v) is 2.77. The van der Waals surface area contributed by atoms with Crippen LogP contribution in [0.4, 0.5) is 0 Å². The van der Waals surface area contributed by atoms with Crippen molar-refractivity contribution in [2.24, 2.45) is 0 Å². The molecule has 3 aromatic rings. The van der Waals surface area contributed by atoms with E-state index in [0.29, 0.717) is 11.5 Å². The van der Waals surface area contributed by atoms with E-state index in [4.69, 9.17) is 4.74 Å². The number of rotatable bonds is 6. The van der Waals surface area contributed by atoms with Crippen molar-refractivity contribution in [1.29, 1.82) is 0 Å². The van der Waals surface area contributed by atoms with Crippen LogP contribution in [0.15, 0.2) is 54.7 Å². The van der Waals surface area contributed by atoms with Gasteiger partial charge in [0, 0.05) is 22.7 Å². The van der Waals surface area contributed by atoms with Crippen LogP contribution < -0.4 is 0 Å². The number of ether oxygens (including phenoxy) is 1. The highest BCUT2D eigenvalue weighted by Gasteiger charge is 2.13. The summed E-state index contributed by atoms with van der Waals surface area (Å²) in [6, 6.07) is 15.2. The van der Waals surface area contributed by atoms with Crippen molar-refractivity contribution in [1.82, 2.24) is 4.98 Å². The Labute approximate surface area is 146 Å². The first-order valence-electron chi connectivity index (χ1n) is 8.38. The van der Waals surface area contributed by atoms with Gasteiger partial charge in [-0.25, -0.2) is 0 Å². The lowest BCUT2D eigenvalue weighted by Gasteiger charge is -2.07. The Balaban J connectivity index is 1.57. The van der Waals surface area contributed by atoms with E-state index in [9.17, 15) is 9.59 Å². The second-order valence-corrected chi connectivity index (χ2v) is 6.40. The monoisotopic (exact) mass is 335 g/mol. The molecule has 0 spiro atoms. The molecule has 0 saturated carbocycles. The number of hydrogen-bond donors (Lipinski definition) is 1. The van der Waals surface area contributed by atoms with E-state index in [1.807, 2.05) is 36.4 Å². The van der Waals surface area contributed by atoms with Crippen LogP contribution in [0.25, 0.3) is 10.9 Å². The van der Waals surface area contributed by atoms with E-state index in [-0.39, 0.29) is 18.8 Å². The van der Waals surface area contributed by atoms with Crippen LogP contribution in [-0.4, -0.2) is 23.3 Å². The molecule has 0 atom stereocenters. The zero-order valence-electron chi connectivity index (χ0n) is 14.4. The van der Waals surface area contributed by atoms with Gasteiger partial charge in [-0.3, -0.25) is 9.59 Å². The van der Waals surface area contributed by atoms with Gasteiger partial charge in [0.25, 0.3) is 0 Å². The van der Waals surface area contributed by atoms with E-state index in [2.05, 4.69) is 18.8 Å². The van der Waals surface area contributed by atoms with Crippen LogP contribution in [0.3, 0.4) is 0 Å². The molecule has 0 fully saturated rings. The van der Waals surface area contributed by atoms with Gasteiger partial charge in [-0.05, 0) is 23.1 Å². The summed E-state index contributed by atoms with van der Waals surface area (Å²) in [5, 5.41) is 0.995. The van der Waals surface area contributed by atoms with Crippen molar-refractivity contribution in [3.05, 3.63) is 71.4 Å². The lowest BCUT2D eigenvalue weighted by molar-refractivity contribution is -0.141. The van der Waals surface area contributed by atoms with Crippen molar-refractivity contribution >= 4 is 22.7 Å². The van der Waals surface area contributed by atoms with E-state index in [1.165, 1.54) is 5.56 Å². The summed E-state index contributed by atoms with van der Waals surface area (Å²) in [7, 11) is 0. The maximum atomic E-state index is 12.2. The summed E-state index contributed by atoms with van der Waals surface area (Å²) in [4.78, 5) is 27.3. The summed E-state index contributed by atoms with van der Waals surface area (Å²) >= 11 is 0. The van der Waals surface area contributed by atoms with Crippen molar-refractivity contribution in [3.8, 4) is 0 Å². The van der Waals surface area contributed by atoms with Gasteiger partial charge in [0.2, 0.25) is 0 Å². The fraction of sp³-hybridized carbons (Fsp3) is 0.238. The summed E-state index contributed by atoms with van der Waals surface area (Å²) in [5.41, 5.74) is 3.58. The van der Waals surface area contributed by atoms with Gasteiger partial charge in [0.05, 0.1) is 6.42 Å². The van der Waals surface area contributed by atoms with Crippen LogP contribution in [0.1, 0.15) is 41.3 Å². The molecule has 1 N–H and O–H groups in total. The van der Waals surface area contributed by atoms with Gasteiger partial charge < -0.3 is 9.72 Å². The minimum absolute atomic E-state index is 0.142. The number of H-pyrrole nitrogens is 1. The van der Waals surface area contributed by atoms with Gasteiger partial charge >= 0.3 is 5.97 Å². The number of aromatic nitrogens is 1. The number of benzene rings is 2. The molecule has 4 nitrogen and oxygen atoms in total. The summed E-state index contributed by atoms with van der Waals surface area (Å²) in [6.45, 7) is 3.97. The molecule has 1 heterocycles. The van der Waals surface area contributed by atoms with Crippen LogP contribution in [0, 0.1) is 0 Å². The largest absolute Gasteiger partial charge is 0.457 e. The molecule has 2 aromatic carbocycles. The quantitative estimate of drug-likeness (QED) is 0.541. The Kier molecular flexibility index (Phi) is 4.98. The zero-order chi connectivity index (χ0) is 17.8. The maximum absolute atomic E-state index is 12.2. The van der Waals surface area contributed by atoms with E-state index in [0.717, 1.165) is 16.5 Å². The van der Waals surface area contributed by atoms with Crippen LogP contribution in [-0.2, 0) is 16.0 Å². The minimum Gasteiger partial charge on any atom is -0.457 e. The molecule has 0 unspecified atom stereocenters. The Morgan fingerprint density at radius 2 is 1.76 bits per heavy atom. The smallest absolute Gasteiger partial charge is 0.310 e. The average Bonchev–Trinajstić information content (AvgIpc) is 3.03. The first-order valence-corrected chi connectivity index (χ1v) is 8.38. The number of nitrogens with one attached hydrogen (secondary N) is 1. The van der Waals surface area contributed by atoms with E-state index in [1.54, 1.807) is 18.3 Å². The fourth-order valence-electron chi connectivity index (χ4n) is 2.77. The SMILES string of the molecule is CC(C)c1ccc(C(=O)COC(=O)Cc2c[nH]c3ccccc23)cc1. The van der Waals surface area contributed by atoms with Gasteiger partial charge in [-0.1, -0.05) is 56.3 Å². The molecule has 3 rings (SSSR count). The van der Waals surface area contributed by atoms with Crippen LogP contribution in [0.2, 0.25) is 0 Å². The Hall–Kier alpha value is -2.88. The molecule has 25 heavy (non-hydrogen) atoms. The van der Waals surface area contributed by atoms with E-state index < -0.39 is 5.97 Å². The van der Waals surface area contributed by atoms with Crippen molar-refractivity contribution in [2.75, 3.05) is 6.61 Å². The van der Waals surface area contributed by atoms with E-state index >= 15 is 0 Å². The first kappa shape index (κ1) is 17.0. The number of para-hydroxylation sites is 1. The highest BCUT2D eigenvalue weighted by molar-refractivity contribution is 5.98. The number of fused-ring (bicyclic) bond motifs is 1. The molecule has 0 aliphatic rings. The number of hydrogen-bond acceptors (Lipinski definition) is 3. The molecule has 0 saturated heterocycles. The van der Waals surface area contributed by atoms with Crippen molar-refractivity contribution < 1.29 is 14.3 Å². The molecule has 128 valence electrons. The van der Waals surface area contributed by atoms with Gasteiger partial charge in [0.1, 0.15) is 0 Å². The number of esters is 1. The zero-order valence-corrected chi connectivity index (χ0v) is 14.4. The van der Waals surface area contributed by atoms with Gasteiger partial charge in [0.15, 0.2) is 12.4 Å². The lowest BCUT2D eigenvalue weighted by atomic mass is 10.0. The third-order valence-corrected chi connectivity index (χ3v) is 4.27. The summed E-state index contributed by atoms with van der Waals surface area (Å²) in [6.07, 6.45) is 1.95. The number of aromatic amines is 1. The molecule has 0 aliphatic carbocycles. The molecular formula is C21H21NO3. The predicted molar refractivity (Wildman–Crippen MR) is 97.8 cm³/mol. The molecule has 0 amide bonds. The highest BCUT2D eigenvalue weighted by atomic mass is 16.5. The molecule has 0 bridgehead atoms. The highest BCUT2D eigenvalue weighted by Crippen LogP contribution is 2.18. The second kappa shape index (κ2) is 7.34. The molecule has 4 heteroatoms. The predicted octanol–water partition coefficient (Wildman–Crippen LogP) is 4.26. The topological polar surface area (TPSA) is 59.2 Å². The average molecular weight is 335 g/mol. The summed E-state index contributed by atoms with van der Waals surface area (Å²) < 4.78 is 5.16. The maximum Gasteiger partial charge on any atom is 0.310 e. The van der Waals surface area contributed by atoms with Crippen molar-refractivity contribution in [3.63, 3.8) is 0 Å². The molecular weight excluding hydrogens is 314 g/mol.